The predicted octanol–water partition coefficient (Wildman–Crippen LogP) is 3.71. The van der Waals surface area contributed by atoms with E-state index in [2.05, 4.69) is 10.3 Å². The Labute approximate surface area is 121 Å². The number of phenols is 1. The molecule has 2 rings (SSSR count). The summed E-state index contributed by atoms with van der Waals surface area (Å²) in [6, 6.07) is 6.71. The number of anilines is 1. The summed E-state index contributed by atoms with van der Waals surface area (Å²) in [5.74, 6) is 0.414. The van der Waals surface area contributed by atoms with E-state index in [0.29, 0.717) is 28.0 Å². The van der Waals surface area contributed by atoms with Gasteiger partial charge >= 0.3 is 0 Å². The molecule has 0 fully saturated rings. The normalized spacial score (nSPS) is 10.3. The van der Waals surface area contributed by atoms with E-state index in [1.165, 1.54) is 7.11 Å². The van der Waals surface area contributed by atoms with Crippen molar-refractivity contribution in [3.8, 4) is 11.5 Å². The van der Waals surface area contributed by atoms with Gasteiger partial charge in [-0.2, -0.15) is 0 Å². The van der Waals surface area contributed by atoms with Crippen molar-refractivity contribution in [1.82, 2.24) is 4.98 Å². The van der Waals surface area contributed by atoms with Gasteiger partial charge in [0, 0.05) is 35.1 Å². The van der Waals surface area contributed by atoms with Crippen LogP contribution < -0.4 is 10.1 Å². The molecule has 0 spiro atoms. The molecule has 2 N–H and O–H groups in total. The molecular weight excluding hydrogens is 287 g/mol. The zero-order chi connectivity index (χ0) is 13.8. The van der Waals surface area contributed by atoms with Gasteiger partial charge in [0.15, 0.2) is 11.5 Å². The average Bonchev–Trinajstić information content (AvgIpc) is 2.39. The number of halogens is 2. The SMILES string of the molecule is COc1cc(Cl)cc(CNc2ccnc(Cl)c2)c1O. The lowest BCUT2D eigenvalue weighted by Crippen LogP contribution is -2.01. The smallest absolute Gasteiger partial charge is 0.162 e. The lowest BCUT2D eigenvalue weighted by Gasteiger charge is -2.11. The Morgan fingerprint density at radius 1 is 1.32 bits per heavy atom. The van der Waals surface area contributed by atoms with E-state index in [4.69, 9.17) is 27.9 Å². The van der Waals surface area contributed by atoms with Crippen LogP contribution in [0.15, 0.2) is 30.5 Å². The minimum atomic E-state index is 0.0690. The molecule has 1 heterocycles. The first-order chi connectivity index (χ1) is 9.10. The molecule has 1 aromatic heterocycles. The Hall–Kier alpha value is -1.65. The van der Waals surface area contributed by atoms with Gasteiger partial charge in [-0.25, -0.2) is 4.98 Å². The standard InChI is InChI=1S/C13H12Cl2N2O2/c1-19-11-5-9(14)4-8(13(11)18)7-17-10-2-3-16-12(15)6-10/h2-6,18H,7H2,1H3,(H,16,17). The fraction of sp³-hybridized carbons (Fsp3) is 0.154. The van der Waals surface area contributed by atoms with Crippen LogP contribution in [-0.4, -0.2) is 17.2 Å². The monoisotopic (exact) mass is 298 g/mol. The second-order valence-corrected chi connectivity index (χ2v) is 4.66. The maximum Gasteiger partial charge on any atom is 0.162 e. The van der Waals surface area contributed by atoms with Crippen LogP contribution in [0.3, 0.4) is 0 Å². The molecule has 1 aromatic carbocycles. The maximum absolute atomic E-state index is 9.98. The largest absolute Gasteiger partial charge is 0.504 e. The van der Waals surface area contributed by atoms with E-state index >= 15 is 0 Å². The van der Waals surface area contributed by atoms with E-state index in [-0.39, 0.29) is 5.75 Å². The number of ether oxygens (including phenoxy) is 1. The van der Waals surface area contributed by atoms with Crippen LogP contribution in [0.25, 0.3) is 0 Å². The first-order valence-electron chi connectivity index (χ1n) is 5.51. The zero-order valence-corrected chi connectivity index (χ0v) is 11.7. The van der Waals surface area contributed by atoms with Crippen LogP contribution in [0.5, 0.6) is 11.5 Å². The number of methoxy groups -OCH3 is 1. The number of pyridine rings is 1. The van der Waals surface area contributed by atoms with Gasteiger partial charge in [0.25, 0.3) is 0 Å². The number of hydrogen-bond acceptors (Lipinski definition) is 4. The minimum absolute atomic E-state index is 0.0690. The van der Waals surface area contributed by atoms with Crippen molar-refractivity contribution in [2.24, 2.45) is 0 Å². The van der Waals surface area contributed by atoms with Gasteiger partial charge in [-0.05, 0) is 18.2 Å². The first-order valence-corrected chi connectivity index (χ1v) is 6.26. The van der Waals surface area contributed by atoms with Gasteiger partial charge in [0.2, 0.25) is 0 Å². The summed E-state index contributed by atoms with van der Waals surface area (Å²) >= 11 is 11.7. The van der Waals surface area contributed by atoms with Crippen molar-refractivity contribution < 1.29 is 9.84 Å². The lowest BCUT2D eigenvalue weighted by atomic mass is 10.2. The highest BCUT2D eigenvalue weighted by Crippen LogP contribution is 2.33. The maximum atomic E-state index is 9.98. The summed E-state index contributed by atoms with van der Waals surface area (Å²) in [7, 11) is 1.48. The molecular formula is C13H12Cl2N2O2. The van der Waals surface area contributed by atoms with Crippen molar-refractivity contribution in [1.29, 1.82) is 0 Å². The van der Waals surface area contributed by atoms with Gasteiger partial charge in [-0.3, -0.25) is 0 Å². The number of phenolic OH excluding ortho intramolecular Hbond substituents is 1. The van der Waals surface area contributed by atoms with Gasteiger partial charge in [-0.1, -0.05) is 23.2 Å². The van der Waals surface area contributed by atoms with Crippen LogP contribution >= 0.6 is 23.2 Å². The van der Waals surface area contributed by atoms with Gasteiger partial charge < -0.3 is 15.2 Å². The molecule has 100 valence electrons. The number of rotatable bonds is 4. The predicted molar refractivity (Wildman–Crippen MR) is 76.2 cm³/mol. The van der Waals surface area contributed by atoms with Crippen molar-refractivity contribution in [3.63, 3.8) is 0 Å². The summed E-state index contributed by atoms with van der Waals surface area (Å²) in [6.45, 7) is 0.392. The Morgan fingerprint density at radius 3 is 2.79 bits per heavy atom. The molecule has 0 aliphatic carbocycles. The summed E-state index contributed by atoms with van der Waals surface area (Å²) < 4.78 is 5.04. The van der Waals surface area contributed by atoms with Crippen molar-refractivity contribution >= 4 is 28.9 Å². The molecule has 2 aromatic rings. The Balaban J connectivity index is 2.17. The summed E-state index contributed by atoms with van der Waals surface area (Å²) in [6.07, 6.45) is 1.60. The van der Waals surface area contributed by atoms with Gasteiger partial charge in [0.1, 0.15) is 5.15 Å². The number of aromatic hydroxyl groups is 1. The topological polar surface area (TPSA) is 54.4 Å². The van der Waals surface area contributed by atoms with E-state index < -0.39 is 0 Å². The third-order valence-corrected chi connectivity index (χ3v) is 2.97. The second kappa shape index (κ2) is 5.99. The summed E-state index contributed by atoms with van der Waals surface area (Å²) in [4.78, 5) is 3.89. The van der Waals surface area contributed by atoms with E-state index in [0.717, 1.165) is 5.69 Å². The van der Waals surface area contributed by atoms with Crippen molar-refractivity contribution in [3.05, 3.63) is 46.2 Å². The number of aromatic nitrogens is 1. The molecule has 0 amide bonds. The Kier molecular flexibility index (Phi) is 4.35. The number of nitrogens with zero attached hydrogens (tertiary/aromatic N) is 1. The average molecular weight is 299 g/mol. The third kappa shape index (κ3) is 3.43. The highest BCUT2D eigenvalue weighted by Gasteiger charge is 2.09. The number of benzene rings is 1. The molecule has 4 nitrogen and oxygen atoms in total. The minimum Gasteiger partial charge on any atom is -0.504 e. The Morgan fingerprint density at radius 2 is 2.11 bits per heavy atom. The van der Waals surface area contributed by atoms with Crippen LogP contribution in [0.1, 0.15) is 5.56 Å². The van der Waals surface area contributed by atoms with Crippen molar-refractivity contribution in [2.75, 3.05) is 12.4 Å². The van der Waals surface area contributed by atoms with Gasteiger partial charge in [-0.15, -0.1) is 0 Å². The van der Waals surface area contributed by atoms with Crippen LogP contribution in [0.2, 0.25) is 10.2 Å². The molecule has 0 radical (unpaired) electrons. The fourth-order valence-corrected chi connectivity index (χ4v) is 2.03. The second-order valence-electron chi connectivity index (χ2n) is 3.84. The van der Waals surface area contributed by atoms with Crippen LogP contribution in [0, 0.1) is 0 Å². The van der Waals surface area contributed by atoms with Crippen molar-refractivity contribution in [2.45, 2.75) is 6.54 Å². The molecule has 0 saturated carbocycles. The van der Waals surface area contributed by atoms with Gasteiger partial charge in [0.05, 0.1) is 7.11 Å². The highest BCUT2D eigenvalue weighted by atomic mass is 35.5. The first kappa shape index (κ1) is 13.8. The molecule has 0 atom stereocenters. The van der Waals surface area contributed by atoms with Crippen LogP contribution in [-0.2, 0) is 6.54 Å². The quantitative estimate of drug-likeness (QED) is 0.845. The lowest BCUT2D eigenvalue weighted by molar-refractivity contribution is 0.371. The number of nitrogens with one attached hydrogen (secondary N) is 1. The fourth-order valence-electron chi connectivity index (χ4n) is 1.63. The highest BCUT2D eigenvalue weighted by molar-refractivity contribution is 6.31. The van der Waals surface area contributed by atoms with E-state index in [1.807, 2.05) is 0 Å². The number of hydrogen-bond donors (Lipinski definition) is 2. The Bertz CT molecular complexity index is 591. The third-order valence-electron chi connectivity index (χ3n) is 2.55. The van der Waals surface area contributed by atoms with Crippen LogP contribution in [0.4, 0.5) is 5.69 Å². The van der Waals surface area contributed by atoms with E-state index in [1.54, 1.807) is 30.5 Å². The molecule has 0 aliphatic heterocycles. The summed E-state index contributed by atoms with van der Waals surface area (Å²) in [5.41, 5.74) is 1.44. The molecule has 0 unspecified atom stereocenters. The molecule has 0 bridgehead atoms. The summed E-state index contributed by atoms with van der Waals surface area (Å²) in [5, 5.41) is 14.0. The molecule has 0 aliphatic rings. The molecule has 0 saturated heterocycles. The molecule has 6 heteroatoms. The molecule has 19 heavy (non-hydrogen) atoms. The zero-order valence-electron chi connectivity index (χ0n) is 10.2. The van der Waals surface area contributed by atoms with E-state index in [9.17, 15) is 5.11 Å².